The average molecular weight is 237 g/mol. The molecule has 1 spiro atoms. The highest BCUT2D eigenvalue weighted by molar-refractivity contribution is 6.31. The third-order valence-electron chi connectivity index (χ3n) is 3.49. The summed E-state index contributed by atoms with van der Waals surface area (Å²) in [6.45, 7) is 2.19. The Morgan fingerprint density at radius 2 is 2.19 bits per heavy atom. The Balaban J connectivity index is 1.98. The Morgan fingerprint density at radius 3 is 2.88 bits per heavy atom. The molecule has 0 radical (unpaired) electrons. The standard InChI is InChI=1S/C13H13ClO2/c1-8-5-13(6-8)7-11(15)10-4-9(14)2-3-12(10)16-13/h2-4,8H,5-7H2,1H3. The number of carbonyl (C=O) groups excluding carboxylic acids is 1. The van der Waals surface area contributed by atoms with Crippen molar-refractivity contribution in [3.05, 3.63) is 28.8 Å². The highest BCUT2D eigenvalue weighted by Gasteiger charge is 2.48. The maximum atomic E-state index is 12.0. The Labute approximate surface area is 99.6 Å². The number of halogens is 1. The third-order valence-corrected chi connectivity index (χ3v) is 3.73. The van der Waals surface area contributed by atoms with Gasteiger partial charge in [-0.05, 0) is 37.0 Å². The van der Waals surface area contributed by atoms with Gasteiger partial charge in [-0.3, -0.25) is 4.79 Å². The van der Waals surface area contributed by atoms with Crippen LogP contribution in [0.1, 0.15) is 36.5 Å². The van der Waals surface area contributed by atoms with Crippen LogP contribution in [0.2, 0.25) is 5.02 Å². The SMILES string of the molecule is CC1CC2(CC(=O)c3cc(Cl)ccc3O2)C1. The van der Waals surface area contributed by atoms with Crippen molar-refractivity contribution in [1.29, 1.82) is 0 Å². The van der Waals surface area contributed by atoms with E-state index in [9.17, 15) is 4.79 Å². The molecular formula is C13H13ClO2. The van der Waals surface area contributed by atoms with Gasteiger partial charge >= 0.3 is 0 Å². The van der Waals surface area contributed by atoms with Gasteiger partial charge in [0, 0.05) is 5.02 Å². The number of ketones is 1. The lowest BCUT2D eigenvalue weighted by atomic mass is 9.68. The first-order valence-corrected chi connectivity index (χ1v) is 5.98. The molecule has 0 N–H and O–H groups in total. The fraction of sp³-hybridized carbons (Fsp3) is 0.462. The molecule has 0 atom stereocenters. The Morgan fingerprint density at radius 1 is 1.44 bits per heavy atom. The Bertz CT molecular complexity index is 461. The predicted molar refractivity (Wildman–Crippen MR) is 62.2 cm³/mol. The zero-order chi connectivity index (χ0) is 11.3. The summed E-state index contributed by atoms with van der Waals surface area (Å²) in [5.41, 5.74) is 0.426. The first-order chi connectivity index (χ1) is 7.58. The van der Waals surface area contributed by atoms with Gasteiger partial charge in [0.25, 0.3) is 0 Å². The maximum Gasteiger partial charge on any atom is 0.170 e. The zero-order valence-corrected chi connectivity index (χ0v) is 9.88. The fourth-order valence-corrected chi connectivity index (χ4v) is 3.08. The van der Waals surface area contributed by atoms with E-state index in [-0.39, 0.29) is 11.4 Å². The topological polar surface area (TPSA) is 26.3 Å². The van der Waals surface area contributed by atoms with Gasteiger partial charge in [0.15, 0.2) is 5.78 Å². The molecule has 3 rings (SSSR count). The van der Waals surface area contributed by atoms with Gasteiger partial charge in [-0.15, -0.1) is 0 Å². The Hall–Kier alpha value is -1.02. The monoisotopic (exact) mass is 236 g/mol. The van der Waals surface area contributed by atoms with E-state index >= 15 is 0 Å². The van der Waals surface area contributed by atoms with E-state index in [4.69, 9.17) is 16.3 Å². The molecule has 0 unspecified atom stereocenters. The number of hydrogen-bond acceptors (Lipinski definition) is 2. The molecule has 0 bridgehead atoms. The zero-order valence-electron chi connectivity index (χ0n) is 9.13. The van der Waals surface area contributed by atoms with E-state index < -0.39 is 0 Å². The van der Waals surface area contributed by atoms with Crippen LogP contribution in [0.15, 0.2) is 18.2 Å². The van der Waals surface area contributed by atoms with E-state index in [0.29, 0.717) is 28.7 Å². The summed E-state index contributed by atoms with van der Waals surface area (Å²) < 4.78 is 5.97. The minimum atomic E-state index is -0.211. The molecule has 84 valence electrons. The van der Waals surface area contributed by atoms with Crippen LogP contribution in [-0.2, 0) is 0 Å². The van der Waals surface area contributed by atoms with Gasteiger partial charge in [0.1, 0.15) is 11.4 Å². The van der Waals surface area contributed by atoms with Crippen molar-refractivity contribution in [3.63, 3.8) is 0 Å². The lowest BCUT2D eigenvalue weighted by Crippen LogP contribution is -2.51. The first kappa shape index (κ1) is 10.2. The Kier molecular flexibility index (Phi) is 2.05. The smallest absolute Gasteiger partial charge is 0.170 e. The molecule has 1 heterocycles. The molecule has 1 aliphatic heterocycles. The lowest BCUT2D eigenvalue weighted by molar-refractivity contribution is -0.0501. The van der Waals surface area contributed by atoms with Crippen molar-refractivity contribution in [2.45, 2.75) is 31.8 Å². The van der Waals surface area contributed by atoms with Crippen molar-refractivity contribution in [3.8, 4) is 5.75 Å². The van der Waals surface area contributed by atoms with Gasteiger partial charge in [-0.1, -0.05) is 18.5 Å². The van der Waals surface area contributed by atoms with Crippen LogP contribution < -0.4 is 4.74 Å². The summed E-state index contributed by atoms with van der Waals surface area (Å²) in [5.74, 6) is 1.53. The number of fused-ring (bicyclic) bond motifs is 1. The van der Waals surface area contributed by atoms with E-state index in [1.165, 1.54) is 0 Å². The van der Waals surface area contributed by atoms with Crippen molar-refractivity contribution >= 4 is 17.4 Å². The molecule has 0 aromatic heterocycles. The third kappa shape index (κ3) is 1.44. The van der Waals surface area contributed by atoms with Crippen molar-refractivity contribution in [1.82, 2.24) is 0 Å². The molecule has 16 heavy (non-hydrogen) atoms. The quantitative estimate of drug-likeness (QED) is 0.690. The number of ether oxygens (including phenoxy) is 1. The molecule has 0 amide bonds. The van der Waals surface area contributed by atoms with Crippen molar-refractivity contribution in [2.75, 3.05) is 0 Å². The second kappa shape index (κ2) is 3.24. The molecule has 1 saturated carbocycles. The van der Waals surface area contributed by atoms with Crippen LogP contribution in [0.5, 0.6) is 5.75 Å². The fourth-order valence-electron chi connectivity index (χ4n) is 2.90. The molecule has 1 fully saturated rings. The molecule has 2 aliphatic rings. The van der Waals surface area contributed by atoms with Gasteiger partial charge < -0.3 is 4.74 Å². The summed E-state index contributed by atoms with van der Waals surface area (Å²) in [6.07, 6.45) is 2.48. The van der Waals surface area contributed by atoms with E-state index in [2.05, 4.69) is 6.92 Å². The normalized spacial score (nSPS) is 31.9. The number of hydrogen-bond donors (Lipinski definition) is 0. The van der Waals surface area contributed by atoms with Crippen LogP contribution in [0.3, 0.4) is 0 Å². The van der Waals surface area contributed by atoms with E-state index in [1.807, 2.05) is 0 Å². The van der Waals surface area contributed by atoms with Gasteiger partial charge in [0.05, 0.1) is 12.0 Å². The average Bonchev–Trinajstić information content (AvgIpc) is 2.17. The molecule has 1 aromatic carbocycles. The van der Waals surface area contributed by atoms with Crippen LogP contribution in [-0.4, -0.2) is 11.4 Å². The number of benzene rings is 1. The van der Waals surface area contributed by atoms with Gasteiger partial charge in [-0.25, -0.2) is 0 Å². The summed E-state index contributed by atoms with van der Waals surface area (Å²) in [6, 6.07) is 5.28. The number of carbonyl (C=O) groups is 1. The van der Waals surface area contributed by atoms with Crippen LogP contribution in [0.4, 0.5) is 0 Å². The van der Waals surface area contributed by atoms with E-state index in [0.717, 1.165) is 12.8 Å². The molecule has 0 saturated heterocycles. The van der Waals surface area contributed by atoms with Crippen molar-refractivity contribution in [2.24, 2.45) is 5.92 Å². The predicted octanol–water partition coefficient (Wildman–Crippen LogP) is 3.47. The molecule has 2 nitrogen and oxygen atoms in total. The van der Waals surface area contributed by atoms with Crippen molar-refractivity contribution < 1.29 is 9.53 Å². The van der Waals surface area contributed by atoms with Crippen LogP contribution in [0.25, 0.3) is 0 Å². The van der Waals surface area contributed by atoms with E-state index in [1.54, 1.807) is 18.2 Å². The van der Waals surface area contributed by atoms with Gasteiger partial charge in [-0.2, -0.15) is 0 Å². The minimum Gasteiger partial charge on any atom is -0.486 e. The summed E-state index contributed by atoms with van der Waals surface area (Å²) >= 11 is 5.88. The molecule has 1 aliphatic carbocycles. The highest BCUT2D eigenvalue weighted by Crippen LogP contribution is 2.48. The number of rotatable bonds is 0. The highest BCUT2D eigenvalue weighted by atomic mass is 35.5. The first-order valence-electron chi connectivity index (χ1n) is 5.60. The molecule has 3 heteroatoms. The molecular weight excluding hydrogens is 224 g/mol. The van der Waals surface area contributed by atoms with Gasteiger partial charge in [0.2, 0.25) is 0 Å². The summed E-state index contributed by atoms with van der Waals surface area (Å²) in [4.78, 5) is 12.0. The minimum absolute atomic E-state index is 0.163. The molecule has 1 aromatic rings. The van der Waals surface area contributed by atoms with Crippen LogP contribution in [0, 0.1) is 5.92 Å². The number of Topliss-reactive ketones (excluding diaryl/α,β-unsaturated/α-hetero) is 1. The summed E-state index contributed by atoms with van der Waals surface area (Å²) in [5, 5.41) is 0.591. The second-order valence-corrected chi connectivity index (χ2v) is 5.48. The summed E-state index contributed by atoms with van der Waals surface area (Å²) in [7, 11) is 0. The second-order valence-electron chi connectivity index (χ2n) is 5.04. The lowest BCUT2D eigenvalue weighted by Gasteiger charge is -2.48. The van der Waals surface area contributed by atoms with Crippen LogP contribution >= 0.6 is 11.6 Å². The largest absolute Gasteiger partial charge is 0.486 e. The maximum absolute atomic E-state index is 12.0.